The second-order valence-electron chi connectivity index (χ2n) is 6.87. The van der Waals surface area contributed by atoms with E-state index in [0.717, 1.165) is 13.0 Å². The van der Waals surface area contributed by atoms with E-state index in [1.807, 2.05) is 0 Å². The van der Waals surface area contributed by atoms with E-state index in [4.69, 9.17) is 11.5 Å². The zero-order valence-electron chi connectivity index (χ0n) is 16.6. The van der Waals surface area contributed by atoms with E-state index in [1.54, 1.807) is 0 Å². The third-order valence-electron chi connectivity index (χ3n) is 4.40. The number of hydrogen-bond donors (Lipinski definition) is 2. The molecule has 0 aliphatic carbocycles. The number of anilines is 2. The molecule has 4 N–H and O–H groups in total. The number of halogens is 17. The van der Waals surface area contributed by atoms with Crippen LogP contribution in [-0.2, 0) is 0 Å². The molecule has 0 fully saturated rings. The first-order chi connectivity index (χ1) is 15.6. The van der Waals surface area contributed by atoms with Crippen molar-refractivity contribution in [2.75, 3.05) is 11.5 Å². The van der Waals surface area contributed by atoms with Gasteiger partial charge in [-0.2, -0.15) is 74.6 Å². The number of nitrogen functional groups attached to an aromatic ring is 2. The third-order valence-corrected chi connectivity index (χ3v) is 4.40. The SMILES string of the molecule is Cc1c(N)cc(N)cc1OC(F)=C(F)C(F)(F)C(F)(F)C(F)(F)C(F)(F)C(F)(F)C(F)(F)C(F)(F)F. The van der Waals surface area contributed by atoms with Crippen LogP contribution in [0.1, 0.15) is 5.56 Å². The zero-order chi connectivity index (χ0) is 29.1. The van der Waals surface area contributed by atoms with Crippen molar-refractivity contribution in [3.05, 3.63) is 29.5 Å². The Kier molecular flexibility index (Phi) is 7.48. The van der Waals surface area contributed by atoms with Gasteiger partial charge in [-0.25, -0.2) is 0 Å². The number of hydrogen-bond acceptors (Lipinski definition) is 3. The molecular formula is C16H9F17N2O. The van der Waals surface area contributed by atoms with Crippen LogP contribution in [0.2, 0.25) is 0 Å². The lowest BCUT2D eigenvalue weighted by Gasteiger charge is -2.41. The lowest BCUT2D eigenvalue weighted by Crippen LogP contribution is -2.72. The van der Waals surface area contributed by atoms with Gasteiger partial charge in [0.15, 0.2) is 0 Å². The number of rotatable bonds is 8. The minimum atomic E-state index is -8.65. The Morgan fingerprint density at radius 3 is 1.44 bits per heavy atom. The lowest BCUT2D eigenvalue weighted by atomic mass is 9.91. The number of benzene rings is 1. The van der Waals surface area contributed by atoms with E-state index in [9.17, 15) is 74.6 Å². The molecule has 0 unspecified atom stereocenters. The summed E-state index contributed by atoms with van der Waals surface area (Å²) >= 11 is 0. The van der Waals surface area contributed by atoms with E-state index >= 15 is 0 Å². The Morgan fingerprint density at radius 2 is 1.03 bits per heavy atom. The summed E-state index contributed by atoms with van der Waals surface area (Å²) in [6.45, 7) is 0.889. The van der Waals surface area contributed by atoms with E-state index in [0.29, 0.717) is 6.07 Å². The molecule has 0 spiro atoms. The summed E-state index contributed by atoms with van der Waals surface area (Å²) in [6.07, 6.45) is -7.80. The highest BCUT2D eigenvalue weighted by Gasteiger charge is 2.93. The maximum absolute atomic E-state index is 13.8. The van der Waals surface area contributed by atoms with Crippen LogP contribution >= 0.6 is 0 Å². The van der Waals surface area contributed by atoms with Crippen LogP contribution in [0.15, 0.2) is 24.0 Å². The lowest BCUT2D eigenvalue weighted by molar-refractivity contribution is -0.451. The van der Waals surface area contributed by atoms with Gasteiger partial charge >= 0.3 is 47.7 Å². The minimum Gasteiger partial charge on any atom is -0.429 e. The molecule has 0 atom stereocenters. The third kappa shape index (κ3) is 4.31. The van der Waals surface area contributed by atoms with Gasteiger partial charge in [-0.05, 0) is 13.0 Å². The van der Waals surface area contributed by atoms with Gasteiger partial charge in [0.2, 0.25) is 5.83 Å². The van der Waals surface area contributed by atoms with E-state index in [1.165, 1.54) is 0 Å². The first-order valence-corrected chi connectivity index (χ1v) is 8.35. The van der Waals surface area contributed by atoms with Crippen LogP contribution in [0.4, 0.5) is 86.0 Å². The fraction of sp³-hybridized carbons (Fsp3) is 0.500. The number of nitrogens with two attached hydrogens (primary N) is 2. The van der Waals surface area contributed by atoms with Gasteiger partial charge in [0.25, 0.3) is 0 Å². The molecule has 1 aromatic rings. The summed E-state index contributed by atoms with van der Waals surface area (Å²) < 4.78 is 228. The molecule has 0 aromatic heterocycles. The maximum Gasteiger partial charge on any atom is 0.460 e. The molecule has 0 aliphatic heterocycles. The zero-order valence-corrected chi connectivity index (χ0v) is 16.6. The summed E-state index contributed by atoms with van der Waals surface area (Å²) in [7, 11) is 0. The predicted molar refractivity (Wildman–Crippen MR) is 85.6 cm³/mol. The Labute approximate surface area is 187 Å². The smallest absolute Gasteiger partial charge is 0.429 e. The Hall–Kier alpha value is -2.83. The van der Waals surface area contributed by atoms with Gasteiger partial charge in [-0.1, -0.05) is 0 Å². The van der Waals surface area contributed by atoms with Crippen LogP contribution < -0.4 is 16.2 Å². The quantitative estimate of drug-likeness (QED) is 0.201. The van der Waals surface area contributed by atoms with Crippen LogP contribution in [-0.4, -0.2) is 41.7 Å². The highest BCUT2D eigenvalue weighted by Crippen LogP contribution is 2.63. The molecule has 1 aromatic carbocycles. The first kappa shape index (κ1) is 31.2. The summed E-state index contributed by atoms with van der Waals surface area (Å²) in [5.41, 5.74) is 9.09. The molecule has 20 heteroatoms. The van der Waals surface area contributed by atoms with Gasteiger partial charge in [-0.3, -0.25) is 0 Å². The standard InChI is InChI=1S/C16H9F17N2O/c1-4-6(35)2-5(34)3-7(4)36-9(18)8(17)10(19,20)11(21,22)12(23,24)13(25,26)14(27,28)15(29,30)16(31,32)33/h2-3H,34-35H2,1H3. The second-order valence-corrected chi connectivity index (χ2v) is 6.87. The van der Waals surface area contributed by atoms with Crippen LogP contribution in [0, 0.1) is 6.92 Å². The molecular weight excluding hydrogens is 559 g/mol. The van der Waals surface area contributed by atoms with Crippen molar-refractivity contribution in [2.45, 2.75) is 48.6 Å². The van der Waals surface area contributed by atoms with Crippen molar-refractivity contribution < 1.29 is 79.4 Å². The highest BCUT2D eigenvalue weighted by atomic mass is 19.4. The molecule has 0 aliphatic rings. The van der Waals surface area contributed by atoms with E-state index < -0.39 is 76.2 Å². The molecule has 0 saturated carbocycles. The molecule has 0 amide bonds. The monoisotopic (exact) mass is 568 g/mol. The number of ether oxygens (including phenoxy) is 1. The van der Waals surface area contributed by atoms with E-state index in [-0.39, 0.29) is 0 Å². The minimum absolute atomic E-state index is 0.436. The van der Waals surface area contributed by atoms with Crippen molar-refractivity contribution in [3.8, 4) is 5.75 Å². The maximum atomic E-state index is 13.8. The molecule has 1 rings (SSSR count). The summed E-state index contributed by atoms with van der Waals surface area (Å²) in [4.78, 5) is 0. The molecule has 0 saturated heterocycles. The van der Waals surface area contributed by atoms with Crippen molar-refractivity contribution in [1.29, 1.82) is 0 Å². The fourth-order valence-electron chi connectivity index (χ4n) is 2.21. The Balaban J connectivity index is 3.65. The first-order valence-electron chi connectivity index (χ1n) is 8.35. The number of alkyl halides is 15. The largest absolute Gasteiger partial charge is 0.460 e. The second kappa shape index (κ2) is 8.63. The fourth-order valence-corrected chi connectivity index (χ4v) is 2.21. The van der Waals surface area contributed by atoms with Crippen molar-refractivity contribution in [2.24, 2.45) is 0 Å². The summed E-state index contributed by atoms with van der Waals surface area (Å²) in [6, 6.07) is -2.21. The van der Waals surface area contributed by atoms with Gasteiger partial charge in [0.05, 0.1) is 0 Å². The number of allylic oxidation sites excluding steroid dienone is 1. The predicted octanol–water partition coefficient (Wildman–Crippen LogP) is 7.02. The van der Waals surface area contributed by atoms with Crippen molar-refractivity contribution in [3.63, 3.8) is 0 Å². The van der Waals surface area contributed by atoms with E-state index in [2.05, 4.69) is 4.74 Å². The van der Waals surface area contributed by atoms with Crippen LogP contribution in [0.3, 0.4) is 0 Å². The van der Waals surface area contributed by atoms with Gasteiger partial charge in [0, 0.05) is 23.0 Å². The average Bonchev–Trinajstić information content (AvgIpc) is 2.69. The summed E-state index contributed by atoms with van der Waals surface area (Å²) in [5.74, 6) is -55.5. The highest BCUT2D eigenvalue weighted by molar-refractivity contribution is 5.62. The molecule has 3 nitrogen and oxygen atoms in total. The van der Waals surface area contributed by atoms with Crippen molar-refractivity contribution in [1.82, 2.24) is 0 Å². The molecule has 0 heterocycles. The molecule has 0 radical (unpaired) electrons. The van der Waals surface area contributed by atoms with Gasteiger partial charge in [-0.15, -0.1) is 0 Å². The van der Waals surface area contributed by atoms with Gasteiger partial charge < -0.3 is 16.2 Å². The molecule has 36 heavy (non-hydrogen) atoms. The van der Waals surface area contributed by atoms with Crippen LogP contribution in [0.5, 0.6) is 5.75 Å². The normalized spacial score (nSPS) is 15.6. The topological polar surface area (TPSA) is 61.3 Å². The van der Waals surface area contributed by atoms with Gasteiger partial charge in [0.1, 0.15) is 5.75 Å². The van der Waals surface area contributed by atoms with Crippen LogP contribution in [0.25, 0.3) is 0 Å². The summed E-state index contributed by atoms with van der Waals surface area (Å²) in [5, 5.41) is 0. The molecule has 208 valence electrons. The Morgan fingerprint density at radius 1 is 0.639 bits per heavy atom. The Bertz CT molecular complexity index is 1030. The average molecular weight is 568 g/mol. The molecule has 0 bridgehead atoms. The van der Waals surface area contributed by atoms with Crippen molar-refractivity contribution >= 4 is 11.4 Å².